The van der Waals surface area contributed by atoms with Crippen molar-refractivity contribution in [3.05, 3.63) is 12.7 Å². The Morgan fingerprint density at radius 3 is 3.00 bits per heavy atom. The largest absolute Gasteiger partial charge is 0.314 e. The Kier molecular flexibility index (Phi) is 3.52. The lowest BCUT2D eigenvalue weighted by Gasteiger charge is -2.22. The lowest BCUT2D eigenvalue weighted by Crippen LogP contribution is -2.33. The van der Waals surface area contributed by atoms with Crippen LogP contribution in [0.4, 0.5) is 0 Å². The Hall–Kier alpha value is -0.300. The van der Waals surface area contributed by atoms with E-state index in [-0.39, 0.29) is 0 Å². The van der Waals surface area contributed by atoms with Crippen molar-refractivity contribution >= 4 is 0 Å². The predicted molar refractivity (Wildman–Crippen MR) is 45.1 cm³/mol. The minimum atomic E-state index is 0.784. The summed E-state index contributed by atoms with van der Waals surface area (Å²) in [5.41, 5.74) is 0. The van der Waals surface area contributed by atoms with Crippen LogP contribution in [-0.2, 0) is 0 Å². The van der Waals surface area contributed by atoms with Crippen LogP contribution in [0.2, 0.25) is 0 Å². The fraction of sp³-hybridized carbons (Fsp3) is 0.778. The number of piperidine rings is 1. The quantitative estimate of drug-likeness (QED) is 0.590. The molecule has 58 valence electrons. The molecule has 10 heavy (non-hydrogen) atoms. The predicted octanol–water partition coefficient (Wildman–Crippen LogP) is 2.09. The molecule has 1 fully saturated rings. The highest BCUT2D eigenvalue weighted by atomic mass is 14.9. The summed E-state index contributed by atoms with van der Waals surface area (Å²) in [4.78, 5) is 0. The second kappa shape index (κ2) is 4.51. The van der Waals surface area contributed by atoms with Gasteiger partial charge in [-0.2, -0.15) is 0 Å². The lowest BCUT2D eigenvalue weighted by atomic mass is 10.0. The van der Waals surface area contributed by atoms with Crippen LogP contribution in [0.1, 0.15) is 32.1 Å². The van der Waals surface area contributed by atoms with Gasteiger partial charge < -0.3 is 5.32 Å². The monoisotopic (exact) mass is 139 g/mol. The van der Waals surface area contributed by atoms with Gasteiger partial charge >= 0.3 is 0 Å². The highest BCUT2D eigenvalue weighted by Crippen LogP contribution is 2.11. The van der Waals surface area contributed by atoms with Crippen LogP contribution in [0.25, 0.3) is 0 Å². The number of nitrogens with one attached hydrogen (secondary N) is 1. The second-order valence-corrected chi connectivity index (χ2v) is 3.01. The first-order valence-electron chi connectivity index (χ1n) is 4.28. The Balaban J connectivity index is 2.07. The molecule has 1 rings (SSSR count). The van der Waals surface area contributed by atoms with Gasteiger partial charge in [-0.25, -0.2) is 0 Å². The van der Waals surface area contributed by atoms with Crippen LogP contribution in [0.3, 0.4) is 0 Å². The molecule has 0 amide bonds. The molecule has 1 unspecified atom stereocenters. The zero-order valence-electron chi connectivity index (χ0n) is 6.60. The molecule has 1 atom stereocenters. The Bertz CT molecular complexity index is 92.9. The summed E-state index contributed by atoms with van der Waals surface area (Å²) in [6.45, 7) is 4.94. The van der Waals surface area contributed by atoms with E-state index in [0.29, 0.717) is 0 Å². The zero-order chi connectivity index (χ0) is 7.23. The Morgan fingerprint density at radius 2 is 2.40 bits per heavy atom. The molecule has 1 heteroatoms. The average molecular weight is 139 g/mol. The molecule has 0 aliphatic carbocycles. The van der Waals surface area contributed by atoms with Gasteiger partial charge in [-0.15, -0.1) is 6.58 Å². The van der Waals surface area contributed by atoms with E-state index >= 15 is 0 Å². The highest BCUT2D eigenvalue weighted by molar-refractivity contribution is 4.76. The van der Waals surface area contributed by atoms with Gasteiger partial charge in [0.15, 0.2) is 0 Å². The number of rotatable bonds is 3. The van der Waals surface area contributed by atoms with E-state index in [4.69, 9.17) is 0 Å². The third-order valence-corrected chi connectivity index (χ3v) is 2.13. The second-order valence-electron chi connectivity index (χ2n) is 3.01. The van der Waals surface area contributed by atoms with Crippen molar-refractivity contribution in [3.8, 4) is 0 Å². The van der Waals surface area contributed by atoms with E-state index in [2.05, 4.69) is 11.9 Å². The van der Waals surface area contributed by atoms with Gasteiger partial charge in [-0.05, 0) is 32.2 Å². The summed E-state index contributed by atoms with van der Waals surface area (Å²) >= 11 is 0. The SMILES string of the molecule is C=CCCC1CCCCN1. The molecule has 0 aromatic carbocycles. The van der Waals surface area contributed by atoms with Crippen LogP contribution >= 0.6 is 0 Å². The molecular weight excluding hydrogens is 122 g/mol. The van der Waals surface area contributed by atoms with Gasteiger partial charge in [0, 0.05) is 6.04 Å². The summed E-state index contributed by atoms with van der Waals surface area (Å²) in [5.74, 6) is 0. The number of allylic oxidation sites excluding steroid dienone is 1. The molecule has 1 heterocycles. The van der Waals surface area contributed by atoms with E-state index < -0.39 is 0 Å². The molecule has 0 aromatic heterocycles. The average Bonchev–Trinajstić information content (AvgIpc) is 2.03. The van der Waals surface area contributed by atoms with Crippen LogP contribution in [0, 0.1) is 0 Å². The fourth-order valence-electron chi connectivity index (χ4n) is 1.49. The van der Waals surface area contributed by atoms with Gasteiger partial charge in [-0.3, -0.25) is 0 Å². The molecule has 0 spiro atoms. The molecule has 1 aliphatic heterocycles. The molecule has 1 saturated heterocycles. The third-order valence-electron chi connectivity index (χ3n) is 2.13. The highest BCUT2D eigenvalue weighted by Gasteiger charge is 2.10. The van der Waals surface area contributed by atoms with Crippen LogP contribution in [-0.4, -0.2) is 12.6 Å². The smallest absolute Gasteiger partial charge is 0.00700 e. The molecule has 1 aliphatic rings. The molecule has 0 saturated carbocycles. The summed E-state index contributed by atoms with van der Waals surface area (Å²) in [7, 11) is 0. The van der Waals surface area contributed by atoms with Gasteiger partial charge in [0.2, 0.25) is 0 Å². The van der Waals surface area contributed by atoms with Crippen molar-refractivity contribution in [2.24, 2.45) is 0 Å². The normalized spacial score (nSPS) is 26.2. The molecular formula is C9H17N. The minimum Gasteiger partial charge on any atom is -0.314 e. The summed E-state index contributed by atoms with van der Waals surface area (Å²) in [6, 6.07) is 0.784. The molecule has 0 radical (unpaired) electrons. The topological polar surface area (TPSA) is 12.0 Å². The van der Waals surface area contributed by atoms with E-state index in [1.54, 1.807) is 0 Å². The van der Waals surface area contributed by atoms with Crippen molar-refractivity contribution in [2.75, 3.05) is 6.54 Å². The lowest BCUT2D eigenvalue weighted by molar-refractivity contribution is 0.384. The third kappa shape index (κ3) is 2.53. The first kappa shape index (κ1) is 7.80. The minimum absolute atomic E-state index is 0.784. The van der Waals surface area contributed by atoms with Crippen LogP contribution < -0.4 is 5.32 Å². The Morgan fingerprint density at radius 1 is 1.50 bits per heavy atom. The number of hydrogen-bond acceptors (Lipinski definition) is 1. The maximum absolute atomic E-state index is 3.72. The summed E-state index contributed by atoms with van der Waals surface area (Å²) in [6.07, 6.45) is 8.60. The summed E-state index contributed by atoms with van der Waals surface area (Å²) < 4.78 is 0. The summed E-state index contributed by atoms with van der Waals surface area (Å²) in [5, 5.41) is 3.51. The number of hydrogen-bond donors (Lipinski definition) is 1. The standard InChI is InChI=1S/C9H17N/c1-2-3-6-9-7-4-5-8-10-9/h2,9-10H,1,3-8H2. The van der Waals surface area contributed by atoms with E-state index in [1.807, 2.05) is 6.08 Å². The van der Waals surface area contributed by atoms with Crippen molar-refractivity contribution in [3.63, 3.8) is 0 Å². The van der Waals surface area contributed by atoms with Crippen molar-refractivity contribution in [1.29, 1.82) is 0 Å². The Labute approximate surface area is 63.5 Å². The van der Waals surface area contributed by atoms with Gasteiger partial charge in [0.05, 0.1) is 0 Å². The van der Waals surface area contributed by atoms with Crippen molar-refractivity contribution < 1.29 is 0 Å². The van der Waals surface area contributed by atoms with Gasteiger partial charge in [-0.1, -0.05) is 12.5 Å². The maximum Gasteiger partial charge on any atom is 0.00700 e. The van der Waals surface area contributed by atoms with Gasteiger partial charge in [0.1, 0.15) is 0 Å². The molecule has 0 aromatic rings. The zero-order valence-corrected chi connectivity index (χ0v) is 6.60. The maximum atomic E-state index is 3.72. The molecule has 0 bridgehead atoms. The van der Waals surface area contributed by atoms with Crippen molar-refractivity contribution in [2.45, 2.75) is 38.1 Å². The van der Waals surface area contributed by atoms with Crippen molar-refractivity contribution in [1.82, 2.24) is 5.32 Å². The van der Waals surface area contributed by atoms with E-state index in [1.165, 1.54) is 32.2 Å². The first-order valence-corrected chi connectivity index (χ1v) is 4.28. The molecule has 1 nitrogen and oxygen atoms in total. The van der Waals surface area contributed by atoms with E-state index in [9.17, 15) is 0 Å². The van der Waals surface area contributed by atoms with Crippen LogP contribution in [0.5, 0.6) is 0 Å². The fourth-order valence-corrected chi connectivity index (χ4v) is 1.49. The molecule has 1 N–H and O–H groups in total. The first-order chi connectivity index (χ1) is 4.93. The van der Waals surface area contributed by atoms with Gasteiger partial charge in [0.25, 0.3) is 0 Å². The van der Waals surface area contributed by atoms with E-state index in [0.717, 1.165) is 12.5 Å². The van der Waals surface area contributed by atoms with Crippen LogP contribution in [0.15, 0.2) is 12.7 Å².